The lowest BCUT2D eigenvalue weighted by Gasteiger charge is -2.31. The molecule has 0 saturated carbocycles. The van der Waals surface area contributed by atoms with E-state index in [0.717, 1.165) is 36.7 Å². The van der Waals surface area contributed by atoms with E-state index in [0.29, 0.717) is 6.04 Å². The Bertz CT molecular complexity index is 929. The molecule has 0 N–H and O–H groups in total. The first-order valence-corrected chi connectivity index (χ1v) is 9.60. The number of benzene rings is 2. The summed E-state index contributed by atoms with van der Waals surface area (Å²) >= 11 is 6.02. The molecular weight excluding hydrogens is 344 g/mol. The number of nitrogens with zero attached hydrogens (tertiary/aromatic N) is 2. The van der Waals surface area contributed by atoms with Crippen molar-refractivity contribution in [2.24, 2.45) is 0 Å². The number of aromatic nitrogens is 1. The summed E-state index contributed by atoms with van der Waals surface area (Å²) in [4.78, 5) is 2.44. The second-order valence-electron chi connectivity index (χ2n) is 7.18. The molecule has 0 aliphatic carbocycles. The Morgan fingerprint density at radius 2 is 1.92 bits per heavy atom. The van der Waals surface area contributed by atoms with Gasteiger partial charge in [0.2, 0.25) is 0 Å². The number of hydrogen-bond acceptors (Lipinski definition) is 2. The molecule has 1 unspecified atom stereocenters. The van der Waals surface area contributed by atoms with Crippen molar-refractivity contribution >= 4 is 22.5 Å². The van der Waals surface area contributed by atoms with Gasteiger partial charge in [-0.3, -0.25) is 4.90 Å². The fourth-order valence-corrected chi connectivity index (χ4v) is 4.24. The zero-order valence-electron chi connectivity index (χ0n) is 15.6. The van der Waals surface area contributed by atoms with Gasteiger partial charge in [-0.15, -0.1) is 0 Å². The van der Waals surface area contributed by atoms with Crippen LogP contribution < -0.4 is 4.74 Å². The van der Waals surface area contributed by atoms with Crippen molar-refractivity contribution in [3.63, 3.8) is 0 Å². The number of hydrogen-bond donors (Lipinski definition) is 0. The zero-order chi connectivity index (χ0) is 18.3. The molecular formula is C22H25ClN2O. The number of likely N-dealkylation sites (N-methyl/N-ethyl adjacent to an activating group) is 1. The van der Waals surface area contributed by atoms with Crippen LogP contribution in [0.25, 0.3) is 10.9 Å². The van der Waals surface area contributed by atoms with E-state index in [-0.39, 0.29) is 0 Å². The monoisotopic (exact) mass is 368 g/mol. The van der Waals surface area contributed by atoms with Crippen LogP contribution in [0.2, 0.25) is 5.02 Å². The van der Waals surface area contributed by atoms with Gasteiger partial charge in [-0.2, -0.15) is 0 Å². The Hall–Kier alpha value is -1.97. The third kappa shape index (κ3) is 3.00. The van der Waals surface area contributed by atoms with E-state index in [1.165, 1.54) is 27.7 Å². The molecule has 136 valence electrons. The van der Waals surface area contributed by atoms with Gasteiger partial charge in [0.15, 0.2) is 0 Å². The third-order valence-corrected chi connectivity index (χ3v) is 5.99. The van der Waals surface area contributed by atoms with E-state index >= 15 is 0 Å². The molecule has 2 heterocycles. The molecule has 1 aromatic heterocycles. The molecule has 0 amide bonds. The summed E-state index contributed by atoms with van der Waals surface area (Å²) in [6.45, 7) is 4.39. The highest BCUT2D eigenvalue weighted by atomic mass is 35.5. The highest BCUT2D eigenvalue weighted by Crippen LogP contribution is 2.38. The molecule has 3 aromatic rings. The summed E-state index contributed by atoms with van der Waals surface area (Å²) < 4.78 is 8.01. The van der Waals surface area contributed by atoms with E-state index < -0.39 is 0 Å². The maximum absolute atomic E-state index is 6.02. The molecule has 2 aromatic carbocycles. The first kappa shape index (κ1) is 17.4. The number of halogens is 1. The lowest BCUT2D eigenvalue weighted by Crippen LogP contribution is -2.31. The van der Waals surface area contributed by atoms with Crippen LogP contribution in [-0.2, 0) is 19.4 Å². The van der Waals surface area contributed by atoms with E-state index in [4.69, 9.17) is 16.3 Å². The molecule has 1 aliphatic rings. The van der Waals surface area contributed by atoms with Gasteiger partial charge in [-0.25, -0.2) is 0 Å². The average Bonchev–Trinajstić information content (AvgIpc) is 2.97. The van der Waals surface area contributed by atoms with Gasteiger partial charge in [-0.05, 0) is 61.9 Å². The van der Waals surface area contributed by atoms with Crippen LogP contribution in [0.1, 0.15) is 29.8 Å². The predicted octanol–water partition coefficient (Wildman–Crippen LogP) is 5.09. The van der Waals surface area contributed by atoms with Crippen LogP contribution in [0.4, 0.5) is 0 Å². The lowest BCUT2D eigenvalue weighted by molar-refractivity contribution is 0.245. The number of rotatable bonds is 4. The van der Waals surface area contributed by atoms with Gasteiger partial charge in [-0.1, -0.05) is 23.7 Å². The Balaban J connectivity index is 1.77. The molecule has 0 bridgehead atoms. The number of aryl methyl sites for hydroxylation is 2. The molecule has 0 saturated heterocycles. The fraction of sp³-hybridized carbons (Fsp3) is 0.364. The van der Waals surface area contributed by atoms with Crippen molar-refractivity contribution in [1.82, 2.24) is 9.47 Å². The molecule has 4 heteroatoms. The quantitative estimate of drug-likeness (QED) is 0.637. The topological polar surface area (TPSA) is 17.4 Å². The molecule has 3 nitrogen and oxygen atoms in total. The van der Waals surface area contributed by atoms with Gasteiger partial charge in [0, 0.05) is 47.2 Å². The number of fused-ring (bicyclic) bond motifs is 3. The van der Waals surface area contributed by atoms with Gasteiger partial charge in [0.05, 0.1) is 7.11 Å². The fourth-order valence-electron chi connectivity index (χ4n) is 4.12. The number of methoxy groups -OCH3 is 1. The van der Waals surface area contributed by atoms with Crippen molar-refractivity contribution < 1.29 is 4.74 Å². The van der Waals surface area contributed by atoms with E-state index in [9.17, 15) is 0 Å². The summed E-state index contributed by atoms with van der Waals surface area (Å²) in [5.41, 5.74) is 5.57. The average molecular weight is 369 g/mol. The van der Waals surface area contributed by atoms with Crippen LogP contribution in [0, 0.1) is 0 Å². The van der Waals surface area contributed by atoms with Gasteiger partial charge < -0.3 is 9.30 Å². The zero-order valence-corrected chi connectivity index (χ0v) is 16.4. The van der Waals surface area contributed by atoms with Crippen LogP contribution >= 0.6 is 11.6 Å². The predicted molar refractivity (Wildman–Crippen MR) is 108 cm³/mol. The first-order valence-electron chi connectivity index (χ1n) is 9.22. The SMILES string of the molecule is COc1ccc2c(c1)c1c(n2CCc2ccc(Cl)cc2)CCN(C)C1C. The van der Waals surface area contributed by atoms with Gasteiger partial charge in [0.25, 0.3) is 0 Å². The van der Waals surface area contributed by atoms with Crippen molar-refractivity contribution in [3.05, 3.63) is 64.3 Å². The third-order valence-electron chi connectivity index (χ3n) is 5.74. The second kappa shape index (κ2) is 6.98. The maximum Gasteiger partial charge on any atom is 0.119 e. The van der Waals surface area contributed by atoms with Gasteiger partial charge in [0.1, 0.15) is 5.75 Å². The molecule has 1 atom stereocenters. The van der Waals surface area contributed by atoms with Crippen molar-refractivity contribution in [2.75, 3.05) is 20.7 Å². The number of ether oxygens (including phenoxy) is 1. The van der Waals surface area contributed by atoms with Crippen LogP contribution in [0.15, 0.2) is 42.5 Å². The smallest absolute Gasteiger partial charge is 0.119 e. The van der Waals surface area contributed by atoms with E-state index in [1.807, 2.05) is 12.1 Å². The van der Waals surface area contributed by atoms with Crippen molar-refractivity contribution in [3.8, 4) is 5.75 Å². The molecule has 0 spiro atoms. The van der Waals surface area contributed by atoms with Crippen LogP contribution in [0.3, 0.4) is 0 Å². The van der Waals surface area contributed by atoms with Crippen molar-refractivity contribution in [1.29, 1.82) is 0 Å². The minimum Gasteiger partial charge on any atom is -0.497 e. The summed E-state index contributed by atoms with van der Waals surface area (Å²) in [6, 6.07) is 15.1. The Morgan fingerprint density at radius 1 is 1.15 bits per heavy atom. The molecule has 1 aliphatic heterocycles. The second-order valence-corrected chi connectivity index (χ2v) is 7.61. The summed E-state index contributed by atoms with van der Waals surface area (Å²) in [5, 5.41) is 2.12. The lowest BCUT2D eigenvalue weighted by atomic mass is 9.97. The van der Waals surface area contributed by atoms with Crippen molar-refractivity contribution in [2.45, 2.75) is 32.4 Å². The highest BCUT2D eigenvalue weighted by Gasteiger charge is 2.28. The minimum atomic E-state index is 0.421. The molecule has 26 heavy (non-hydrogen) atoms. The molecule has 4 rings (SSSR count). The Labute approximate surface area is 160 Å². The Morgan fingerprint density at radius 3 is 2.65 bits per heavy atom. The standard InChI is InChI=1S/C22H25ClN2O/c1-15-22-19-14-18(26-3)8-9-20(19)25(21(22)11-12-24(15)2)13-10-16-4-6-17(23)7-5-16/h4-9,14-15H,10-13H2,1-3H3. The minimum absolute atomic E-state index is 0.421. The Kier molecular flexibility index (Phi) is 4.68. The van der Waals surface area contributed by atoms with Gasteiger partial charge >= 0.3 is 0 Å². The van der Waals surface area contributed by atoms with E-state index in [2.05, 4.69) is 53.8 Å². The first-order chi connectivity index (χ1) is 12.6. The summed E-state index contributed by atoms with van der Waals surface area (Å²) in [5.74, 6) is 0.926. The largest absolute Gasteiger partial charge is 0.497 e. The molecule has 0 radical (unpaired) electrons. The summed E-state index contributed by atoms with van der Waals surface area (Å²) in [6.07, 6.45) is 2.09. The molecule has 0 fully saturated rings. The summed E-state index contributed by atoms with van der Waals surface area (Å²) in [7, 11) is 3.95. The maximum atomic E-state index is 6.02. The van der Waals surface area contributed by atoms with Crippen LogP contribution in [-0.4, -0.2) is 30.2 Å². The van der Waals surface area contributed by atoms with Crippen LogP contribution in [0.5, 0.6) is 5.75 Å². The highest BCUT2D eigenvalue weighted by molar-refractivity contribution is 6.30. The van der Waals surface area contributed by atoms with E-state index in [1.54, 1.807) is 7.11 Å². The normalized spacial score (nSPS) is 17.5.